The van der Waals surface area contributed by atoms with E-state index < -0.39 is 0 Å². The molecule has 0 spiro atoms. The van der Waals surface area contributed by atoms with Gasteiger partial charge in [0.1, 0.15) is 5.82 Å². The first-order valence-electron chi connectivity index (χ1n) is 11.9. The number of carbonyl (C=O) groups is 1. The SMILES string of the molecule is COC(=O)N1c2ccc3c(nc(Cc4ccccc4)n3[C@H]3CC[C@H](C#N)CC3)c2CC[C@@H]1C. The molecule has 0 unspecified atom stereocenters. The number of anilines is 1. The normalized spacial score (nSPS) is 22.6. The van der Waals surface area contributed by atoms with Crippen LogP contribution in [-0.2, 0) is 17.6 Å². The second kappa shape index (κ2) is 8.90. The summed E-state index contributed by atoms with van der Waals surface area (Å²) in [7, 11) is 1.44. The Morgan fingerprint density at radius 2 is 1.88 bits per heavy atom. The molecular weight excluding hydrogens is 412 g/mol. The summed E-state index contributed by atoms with van der Waals surface area (Å²) in [6.07, 6.45) is 6.08. The van der Waals surface area contributed by atoms with Crippen molar-refractivity contribution in [2.45, 2.75) is 64.0 Å². The van der Waals surface area contributed by atoms with Crippen LogP contribution < -0.4 is 4.90 Å². The molecule has 0 bridgehead atoms. The second-order valence-electron chi connectivity index (χ2n) is 9.35. The Labute approximate surface area is 194 Å². The van der Waals surface area contributed by atoms with Gasteiger partial charge in [0.15, 0.2) is 0 Å². The third-order valence-corrected chi connectivity index (χ3v) is 7.35. The minimum Gasteiger partial charge on any atom is -0.452 e. The van der Waals surface area contributed by atoms with Crippen LogP contribution in [0.2, 0.25) is 0 Å². The Kier molecular flexibility index (Phi) is 5.80. The maximum absolute atomic E-state index is 12.5. The molecule has 1 atom stereocenters. The fraction of sp³-hybridized carbons (Fsp3) is 0.444. The molecule has 6 nitrogen and oxygen atoms in total. The van der Waals surface area contributed by atoms with Crippen molar-refractivity contribution in [1.82, 2.24) is 9.55 Å². The number of hydrogen-bond acceptors (Lipinski definition) is 4. The molecule has 1 aliphatic carbocycles. The number of aromatic nitrogens is 2. The van der Waals surface area contributed by atoms with E-state index in [1.165, 1.54) is 12.7 Å². The van der Waals surface area contributed by atoms with Crippen molar-refractivity contribution in [3.8, 4) is 6.07 Å². The molecule has 6 heteroatoms. The molecule has 1 saturated carbocycles. The number of nitriles is 1. The summed E-state index contributed by atoms with van der Waals surface area (Å²) >= 11 is 0. The predicted octanol–water partition coefficient (Wildman–Crippen LogP) is 5.79. The molecule has 0 N–H and O–H groups in total. The lowest BCUT2D eigenvalue weighted by molar-refractivity contribution is 0.175. The first-order chi connectivity index (χ1) is 16.1. The Morgan fingerprint density at radius 3 is 2.58 bits per heavy atom. The van der Waals surface area contributed by atoms with E-state index >= 15 is 0 Å². The molecule has 0 radical (unpaired) electrons. The van der Waals surface area contributed by atoms with Crippen LogP contribution in [0, 0.1) is 17.2 Å². The van der Waals surface area contributed by atoms with Crippen LogP contribution in [0.3, 0.4) is 0 Å². The van der Waals surface area contributed by atoms with Crippen molar-refractivity contribution in [1.29, 1.82) is 5.26 Å². The lowest BCUT2D eigenvalue weighted by Gasteiger charge is -2.34. The number of aryl methyl sites for hydroxylation is 1. The van der Waals surface area contributed by atoms with Crippen LogP contribution in [0.25, 0.3) is 11.0 Å². The molecular formula is C27H30N4O2. The zero-order valence-corrected chi connectivity index (χ0v) is 19.3. The highest BCUT2D eigenvalue weighted by Gasteiger charge is 2.32. The Hall–Kier alpha value is -3.33. The first-order valence-corrected chi connectivity index (χ1v) is 11.9. The second-order valence-corrected chi connectivity index (χ2v) is 9.35. The van der Waals surface area contributed by atoms with Crippen molar-refractivity contribution >= 4 is 22.8 Å². The largest absolute Gasteiger partial charge is 0.452 e. The van der Waals surface area contributed by atoms with Gasteiger partial charge in [-0.3, -0.25) is 4.90 Å². The van der Waals surface area contributed by atoms with Gasteiger partial charge in [0.2, 0.25) is 0 Å². The maximum Gasteiger partial charge on any atom is 0.414 e. The van der Waals surface area contributed by atoms with Crippen molar-refractivity contribution < 1.29 is 9.53 Å². The number of nitrogens with zero attached hydrogens (tertiary/aromatic N) is 4. The third-order valence-electron chi connectivity index (χ3n) is 7.35. The van der Waals surface area contributed by atoms with Gasteiger partial charge in [0.25, 0.3) is 0 Å². The summed E-state index contributed by atoms with van der Waals surface area (Å²) in [5, 5.41) is 9.36. The summed E-state index contributed by atoms with van der Waals surface area (Å²) in [6.45, 7) is 2.07. The summed E-state index contributed by atoms with van der Waals surface area (Å²) in [4.78, 5) is 19.5. The number of hydrogen-bond donors (Lipinski definition) is 0. The standard InChI is InChI=1S/C27H30N4O2/c1-18-8-13-22-23(30(18)27(32)33-2)14-15-24-26(22)29-25(16-19-6-4-3-5-7-19)31(24)21-11-9-20(17-28)10-12-21/h3-7,14-15,18,20-21H,8-13,16H2,1-2H3/t18-,20-,21-/m0/s1. The van der Waals surface area contributed by atoms with E-state index in [-0.39, 0.29) is 18.1 Å². The van der Waals surface area contributed by atoms with Gasteiger partial charge < -0.3 is 9.30 Å². The van der Waals surface area contributed by atoms with Crippen LogP contribution in [0.1, 0.15) is 62.0 Å². The topological polar surface area (TPSA) is 71.2 Å². The van der Waals surface area contributed by atoms with Crippen molar-refractivity contribution in [3.05, 3.63) is 59.4 Å². The van der Waals surface area contributed by atoms with Crippen molar-refractivity contribution in [2.24, 2.45) is 5.92 Å². The number of methoxy groups -OCH3 is 1. The van der Waals surface area contributed by atoms with E-state index in [0.717, 1.165) is 73.1 Å². The van der Waals surface area contributed by atoms with Crippen molar-refractivity contribution in [3.63, 3.8) is 0 Å². The van der Waals surface area contributed by atoms with Gasteiger partial charge in [0, 0.05) is 30.0 Å². The smallest absolute Gasteiger partial charge is 0.414 e. The quantitative estimate of drug-likeness (QED) is 0.515. The molecule has 33 heavy (non-hydrogen) atoms. The number of ether oxygens (including phenoxy) is 1. The van der Waals surface area contributed by atoms with Gasteiger partial charge in [-0.05, 0) is 63.1 Å². The molecule has 2 heterocycles. The van der Waals surface area contributed by atoms with Gasteiger partial charge in [-0.25, -0.2) is 9.78 Å². The van der Waals surface area contributed by atoms with Crippen LogP contribution >= 0.6 is 0 Å². The lowest BCUT2D eigenvalue weighted by Crippen LogP contribution is -2.42. The summed E-state index contributed by atoms with van der Waals surface area (Å²) in [5.41, 5.74) is 5.42. The number of imidazole rings is 1. The molecule has 1 amide bonds. The van der Waals surface area contributed by atoms with E-state index in [0.29, 0.717) is 6.04 Å². The number of amides is 1. The average molecular weight is 443 g/mol. The number of rotatable bonds is 3. The van der Waals surface area contributed by atoms with E-state index in [9.17, 15) is 10.1 Å². The number of fused-ring (bicyclic) bond motifs is 3. The predicted molar refractivity (Wildman–Crippen MR) is 128 cm³/mol. The van der Waals surface area contributed by atoms with E-state index in [1.54, 1.807) is 4.90 Å². The molecule has 170 valence electrons. The van der Waals surface area contributed by atoms with E-state index in [1.807, 2.05) is 6.07 Å². The van der Waals surface area contributed by atoms with Gasteiger partial charge in [-0.2, -0.15) is 5.26 Å². The zero-order chi connectivity index (χ0) is 22.9. The van der Waals surface area contributed by atoms with Gasteiger partial charge >= 0.3 is 6.09 Å². The summed E-state index contributed by atoms with van der Waals surface area (Å²) in [6, 6.07) is 17.5. The highest BCUT2D eigenvalue weighted by Crippen LogP contribution is 2.40. The zero-order valence-electron chi connectivity index (χ0n) is 19.3. The highest BCUT2D eigenvalue weighted by molar-refractivity contribution is 5.95. The molecule has 3 aromatic rings. The fourth-order valence-corrected chi connectivity index (χ4v) is 5.60. The van der Waals surface area contributed by atoms with Crippen LogP contribution in [0.4, 0.5) is 10.5 Å². The molecule has 5 rings (SSSR count). The Morgan fingerprint density at radius 1 is 1.12 bits per heavy atom. The van der Waals surface area contributed by atoms with Gasteiger partial charge in [-0.15, -0.1) is 0 Å². The van der Waals surface area contributed by atoms with Gasteiger partial charge in [-0.1, -0.05) is 30.3 Å². The number of carbonyl (C=O) groups excluding carboxylic acids is 1. The van der Waals surface area contributed by atoms with E-state index in [2.05, 4.69) is 54.0 Å². The molecule has 1 aromatic heterocycles. The van der Waals surface area contributed by atoms with Crippen molar-refractivity contribution in [2.75, 3.05) is 12.0 Å². The third kappa shape index (κ3) is 3.86. The molecule has 1 aliphatic heterocycles. The van der Waals surface area contributed by atoms with E-state index in [4.69, 9.17) is 9.72 Å². The average Bonchev–Trinajstić information content (AvgIpc) is 3.22. The minimum absolute atomic E-state index is 0.0922. The Bertz CT molecular complexity index is 1200. The molecule has 2 aliphatic rings. The Balaban J connectivity index is 1.63. The summed E-state index contributed by atoms with van der Waals surface area (Å²) < 4.78 is 7.52. The molecule has 0 saturated heterocycles. The monoisotopic (exact) mass is 442 g/mol. The number of benzene rings is 2. The van der Waals surface area contributed by atoms with Gasteiger partial charge in [0.05, 0.1) is 29.9 Å². The van der Waals surface area contributed by atoms with Crippen LogP contribution in [0.15, 0.2) is 42.5 Å². The van der Waals surface area contributed by atoms with Crippen LogP contribution in [-0.4, -0.2) is 28.8 Å². The molecule has 1 fully saturated rings. The minimum atomic E-state index is -0.318. The maximum atomic E-state index is 12.5. The fourth-order valence-electron chi connectivity index (χ4n) is 5.60. The lowest BCUT2D eigenvalue weighted by atomic mass is 9.86. The summed E-state index contributed by atoms with van der Waals surface area (Å²) in [5.74, 6) is 1.23. The van der Waals surface area contributed by atoms with Crippen LogP contribution in [0.5, 0.6) is 0 Å². The first kappa shape index (κ1) is 21.5. The molecule has 2 aromatic carbocycles. The highest BCUT2D eigenvalue weighted by atomic mass is 16.5.